The molecule has 1 aliphatic heterocycles. The number of ether oxygens (including phenoxy) is 1. The highest BCUT2D eigenvalue weighted by Gasteiger charge is 2.24. The van der Waals surface area contributed by atoms with E-state index in [0.717, 1.165) is 60.6 Å². The Morgan fingerprint density at radius 3 is 2.47 bits per heavy atom. The van der Waals surface area contributed by atoms with Crippen LogP contribution in [0.1, 0.15) is 30.8 Å². The Balaban J connectivity index is 1.58. The zero-order valence-corrected chi connectivity index (χ0v) is 19.4. The zero-order valence-electron chi connectivity index (χ0n) is 18.6. The van der Waals surface area contributed by atoms with Crippen molar-refractivity contribution in [3.05, 3.63) is 53.2 Å². The number of piperazine rings is 1. The second-order valence-electron chi connectivity index (χ2n) is 7.99. The lowest BCUT2D eigenvalue weighted by Crippen LogP contribution is -2.47. The monoisotopic (exact) mass is 453 g/mol. The number of amides is 1. The molecule has 0 radical (unpaired) electrons. The summed E-state index contributed by atoms with van der Waals surface area (Å²) in [6.45, 7) is 7.15. The fourth-order valence-corrected chi connectivity index (χ4v) is 4.12. The maximum atomic E-state index is 12.7. The quantitative estimate of drug-likeness (QED) is 0.604. The molecule has 0 aliphatic carbocycles. The molecule has 1 saturated heterocycles. The van der Waals surface area contributed by atoms with Gasteiger partial charge >= 0.3 is 0 Å². The molecule has 32 heavy (non-hydrogen) atoms. The van der Waals surface area contributed by atoms with E-state index in [2.05, 4.69) is 25.3 Å². The van der Waals surface area contributed by atoms with Gasteiger partial charge < -0.3 is 19.9 Å². The molecule has 0 saturated carbocycles. The molecule has 1 amide bonds. The fraction of sp³-hybridized carbons (Fsp3) is 0.375. The van der Waals surface area contributed by atoms with Gasteiger partial charge in [-0.25, -0.2) is 0 Å². The summed E-state index contributed by atoms with van der Waals surface area (Å²) < 4.78 is 5.52. The van der Waals surface area contributed by atoms with Crippen molar-refractivity contribution in [3.8, 4) is 5.75 Å². The minimum atomic E-state index is -0.188. The van der Waals surface area contributed by atoms with Crippen LogP contribution in [0.25, 0.3) is 10.8 Å². The van der Waals surface area contributed by atoms with Gasteiger partial charge in [-0.15, -0.1) is 10.2 Å². The van der Waals surface area contributed by atoms with Crippen LogP contribution >= 0.6 is 11.6 Å². The maximum Gasteiger partial charge on any atom is 0.272 e. The lowest BCUT2D eigenvalue weighted by molar-refractivity contribution is 0.0935. The summed E-state index contributed by atoms with van der Waals surface area (Å²) in [4.78, 5) is 17.2. The van der Waals surface area contributed by atoms with Gasteiger partial charge in [-0.2, -0.15) is 0 Å². The van der Waals surface area contributed by atoms with Crippen molar-refractivity contribution in [1.82, 2.24) is 15.5 Å². The van der Waals surface area contributed by atoms with Crippen LogP contribution in [0.5, 0.6) is 5.75 Å². The predicted molar refractivity (Wildman–Crippen MR) is 129 cm³/mol. The molecule has 1 atom stereocenters. The Kier molecular flexibility index (Phi) is 6.65. The van der Waals surface area contributed by atoms with Crippen LogP contribution in [-0.2, 0) is 0 Å². The largest absolute Gasteiger partial charge is 0.495 e. The summed E-state index contributed by atoms with van der Waals surface area (Å²) in [5.74, 6) is 1.43. The Morgan fingerprint density at radius 2 is 1.78 bits per heavy atom. The molecule has 4 rings (SSSR count). The minimum absolute atomic E-state index is 0.0827. The third-order valence-corrected chi connectivity index (χ3v) is 6.17. The van der Waals surface area contributed by atoms with Gasteiger partial charge in [0.05, 0.1) is 12.8 Å². The number of carbonyl (C=O) groups excluding carboxylic acids is 1. The van der Waals surface area contributed by atoms with Crippen LogP contribution in [0.15, 0.2) is 42.5 Å². The normalized spacial score (nSPS) is 15.0. The number of halogens is 1. The molecule has 0 spiro atoms. The molecular formula is C24H28ClN5O2. The van der Waals surface area contributed by atoms with E-state index in [4.69, 9.17) is 16.3 Å². The molecule has 1 N–H and O–H groups in total. The summed E-state index contributed by atoms with van der Waals surface area (Å²) in [6.07, 6.45) is 0.858. The number of carbonyl (C=O) groups is 1. The number of anilines is 2. The molecule has 1 aliphatic rings. The Bertz CT molecular complexity index is 1110. The van der Waals surface area contributed by atoms with Gasteiger partial charge in [-0.3, -0.25) is 4.79 Å². The van der Waals surface area contributed by atoms with Crippen LogP contribution in [-0.4, -0.2) is 55.4 Å². The van der Waals surface area contributed by atoms with Gasteiger partial charge in [0.25, 0.3) is 5.91 Å². The summed E-state index contributed by atoms with van der Waals surface area (Å²) in [7, 11) is 1.67. The van der Waals surface area contributed by atoms with Crippen LogP contribution < -0.4 is 19.9 Å². The zero-order chi connectivity index (χ0) is 22.7. The van der Waals surface area contributed by atoms with Gasteiger partial charge in [0, 0.05) is 48.0 Å². The molecule has 2 heterocycles. The second kappa shape index (κ2) is 9.61. The summed E-state index contributed by atoms with van der Waals surface area (Å²) >= 11 is 6.22. The van der Waals surface area contributed by atoms with Gasteiger partial charge in [-0.05, 0) is 31.5 Å². The maximum absolute atomic E-state index is 12.7. The SMILES string of the molecule is CCC(C)NC(=O)c1nnc(N2CCN(c3cc(Cl)ccc3OC)CC2)c2ccccc12. The number of hydrogen-bond acceptors (Lipinski definition) is 6. The summed E-state index contributed by atoms with van der Waals surface area (Å²) in [5, 5.41) is 14.2. The van der Waals surface area contributed by atoms with Crippen molar-refractivity contribution in [3.63, 3.8) is 0 Å². The lowest BCUT2D eigenvalue weighted by Gasteiger charge is -2.37. The van der Waals surface area contributed by atoms with E-state index in [9.17, 15) is 4.79 Å². The predicted octanol–water partition coefficient (Wildman–Crippen LogP) is 4.15. The molecule has 1 aromatic heterocycles. The van der Waals surface area contributed by atoms with E-state index in [1.54, 1.807) is 7.11 Å². The van der Waals surface area contributed by atoms with Crippen LogP contribution in [0.2, 0.25) is 5.02 Å². The average molecular weight is 454 g/mol. The first-order valence-corrected chi connectivity index (χ1v) is 11.3. The Hall–Kier alpha value is -3.06. The van der Waals surface area contributed by atoms with E-state index < -0.39 is 0 Å². The molecule has 1 unspecified atom stereocenters. The van der Waals surface area contributed by atoms with Gasteiger partial charge in [0.2, 0.25) is 0 Å². The van der Waals surface area contributed by atoms with Crippen molar-refractivity contribution in [2.75, 3.05) is 43.1 Å². The van der Waals surface area contributed by atoms with E-state index in [1.165, 1.54) is 0 Å². The minimum Gasteiger partial charge on any atom is -0.495 e. The molecule has 3 aromatic rings. The molecule has 0 bridgehead atoms. The molecule has 168 valence electrons. The molecule has 7 nitrogen and oxygen atoms in total. The number of methoxy groups -OCH3 is 1. The van der Waals surface area contributed by atoms with Crippen molar-refractivity contribution in [2.45, 2.75) is 26.3 Å². The van der Waals surface area contributed by atoms with Crippen LogP contribution in [0.3, 0.4) is 0 Å². The number of rotatable bonds is 6. The van der Waals surface area contributed by atoms with Crippen LogP contribution in [0.4, 0.5) is 11.5 Å². The molecule has 8 heteroatoms. The number of fused-ring (bicyclic) bond motifs is 1. The number of benzene rings is 2. The highest BCUT2D eigenvalue weighted by molar-refractivity contribution is 6.31. The number of aromatic nitrogens is 2. The van der Waals surface area contributed by atoms with E-state index in [0.29, 0.717) is 10.7 Å². The third-order valence-electron chi connectivity index (χ3n) is 5.93. The standard InChI is InChI=1S/C24H28ClN5O2/c1-4-16(2)26-24(31)22-18-7-5-6-8-19(18)23(28-27-22)30-13-11-29(12-14-30)20-15-17(25)9-10-21(20)32-3/h5-10,15-16H,4,11-14H2,1-3H3,(H,26,31). The lowest BCUT2D eigenvalue weighted by atomic mass is 10.1. The molecule has 1 fully saturated rings. The second-order valence-corrected chi connectivity index (χ2v) is 8.43. The fourth-order valence-electron chi connectivity index (χ4n) is 3.95. The number of hydrogen-bond donors (Lipinski definition) is 1. The van der Waals surface area contributed by atoms with E-state index in [1.807, 2.05) is 56.3 Å². The van der Waals surface area contributed by atoms with E-state index >= 15 is 0 Å². The highest BCUT2D eigenvalue weighted by Crippen LogP contribution is 2.33. The number of nitrogens with zero attached hydrogens (tertiary/aromatic N) is 4. The third kappa shape index (κ3) is 4.43. The van der Waals surface area contributed by atoms with Crippen molar-refractivity contribution in [2.24, 2.45) is 0 Å². The van der Waals surface area contributed by atoms with Crippen molar-refractivity contribution in [1.29, 1.82) is 0 Å². The first-order valence-electron chi connectivity index (χ1n) is 10.9. The van der Waals surface area contributed by atoms with Gasteiger partial charge in [0.15, 0.2) is 11.5 Å². The van der Waals surface area contributed by atoms with Gasteiger partial charge in [0.1, 0.15) is 5.75 Å². The molecular weight excluding hydrogens is 426 g/mol. The summed E-state index contributed by atoms with van der Waals surface area (Å²) in [5.41, 5.74) is 1.36. The Labute approximate surface area is 193 Å². The highest BCUT2D eigenvalue weighted by atomic mass is 35.5. The first kappa shape index (κ1) is 22.1. The topological polar surface area (TPSA) is 70.6 Å². The first-order chi connectivity index (χ1) is 15.5. The molecule has 2 aromatic carbocycles. The smallest absolute Gasteiger partial charge is 0.272 e. The summed E-state index contributed by atoms with van der Waals surface area (Å²) in [6, 6.07) is 13.6. The van der Waals surface area contributed by atoms with Crippen LogP contribution in [0, 0.1) is 0 Å². The van der Waals surface area contributed by atoms with Crippen molar-refractivity contribution >= 4 is 39.8 Å². The van der Waals surface area contributed by atoms with E-state index in [-0.39, 0.29) is 11.9 Å². The van der Waals surface area contributed by atoms with Crippen molar-refractivity contribution < 1.29 is 9.53 Å². The average Bonchev–Trinajstić information content (AvgIpc) is 2.83. The Morgan fingerprint density at radius 1 is 1.09 bits per heavy atom. The number of nitrogens with one attached hydrogen (secondary N) is 1. The van der Waals surface area contributed by atoms with Gasteiger partial charge in [-0.1, -0.05) is 42.8 Å².